The van der Waals surface area contributed by atoms with E-state index in [1.807, 2.05) is 18.3 Å². The van der Waals surface area contributed by atoms with Crippen LogP contribution in [-0.2, 0) is 4.79 Å². The molecule has 31 heavy (non-hydrogen) atoms. The number of allylic oxidation sites excluding steroid dienone is 1. The largest absolute Gasteiger partial charge is 0.478 e. The van der Waals surface area contributed by atoms with Gasteiger partial charge in [0.15, 0.2) is 0 Å². The van der Waals surface area contributed by atoms with Crippen molar-refractivity contribution in [1.29, 1.82) is 0 Å². The first-order chi connectivity index (χ1) is 14.9. The van der Waals surface area contributed by atoms with Crippen LogP contribution in [0.4, 0.5) is 0 Å². The predicted molar refractivity (Wildman–Crippen MR) is 129 cm³/mol. The van der Waals surface area contributed by atoms with Crippen molar-refractivity contribution >= 4 is 45.4 Å². The summed E-state index contributed by atoms with van der Waals surface area (Å²) >= 11 is 1.72. The second-order valence-corrected chi connectivity index (χ2v) is 8.62. The highest BCUT2D eigenvalue weighted by atomic mass is 32.1. The molecule has 0 aliphatic heterocycles. The number of aromatic nitrogens is 2. The number of aliphatic carboxylic acids is 1. The van der Waals surface area contributed by atoms with Crippen LogP contribution in [0, 0.1) is 12.8 Å². The average molecular weight is 429 g/mol. The maximum atomic E-state index is 10.8. The Hall–Kier alpha value is -3.44. The minimum absolute atomic E-state index is 0.315. The van der Waals surface area contributed by atoms with Gasteiger partial charge in [0.25, 0.3) is 0 Å². The van der Waals surface area contributed by atoms with E-state index < -0.39 is 5.97 Å². The molecule has 0 unspecified atom stereocenters. The number of carbonyl (C=O) groups is 1. The van der Waals surface area contributed by atoms with Crippen LogP contribution in [0.1, 0.15) is 41.7 Å². The highest BCUT2D eigenvalue weighted by Gasteiger charge is 2.19. The van der Waals surface area contributed by atoms with Crippen LogP contribution in [-0.4, -0.2) is 21.3 Å². The van der Waals surface area contributed by atoms with Crippen LogP contribution in [0.2, 0.25) is 0 Å². The van der Waals surface area contributed by atoms with E-state index in [9.17, 15) is 4.79 Å². The van der Waals surface area contributed by atoms with Gasteiger partial charge >= 0.3 is 5.97 Å². The van der Waals surface area contributed by atoms with Crippen molar-refractivity contribution in [3.63, 3.8) is 0 Å². The van der Waals surface area contributed by atoms with Gasteiger partial charge in [-0.15, -0.1) is 0 Å². The van der Waals surface area contributed by atoms with E-state index in [0.717, 1.165) is 33.7 Å². The number of carboxylic acid groups (broad SMARTS) is 1. The Kier molecular flexibility index (Phi) is 5.87. The number of nitrogens with one attached hydrogen (secondary N) is 1. The predicted octanol–water partition coefficient (Wildman–Crippen LogP) is 6.65. The lowest BCUT2D eigenvalue weighted by Gasteiger charge is -2.20. The number of carboxylic acids is 1. The zero-order valence-electron chi connectivity index (χ0n) is 17.7. The molecule has 2 N–H and O–H groups in total. The third-order valence-corrected chi connectivity index (χ3v) is 6.20. The van der Waals surface area contributed by atoms with E-state index in [4.69, 9.17) is 5.11 Å². The summed E-state index contributed by atoms with van der Waals surface area (Å²) in [6.07, 6.45) is 4.62. The molecule has 0 aliphatic rings. The molecule has 0 saturated carbocycles. The Morgan fingerprint density at radius 2 is 1.84 bits per heavy atom. The molecule has 0 aliphatic carbocycles. The van der Waals surface area contributed by atoms with Gasteiger partial charge in [-0.25, -0.2) is 4.79 Å². The van der Waals surface area contributed by atoms with E-state index in [2.05, 4.69) is 72.1 Å². The van der Waals surface area contributed by atoms with E-state index in [1.54, 1.807) is 17.4 Å². The third-order valence-electron chi connectivity index (χ3n) is 5.34. The number of benzene rings is 2. The summed E-state index contributed by atoms with van der Waals surface area (Å²) in [5.41, 5.74) is 9.14. The van der Waals surface area contributed by atoms with Crippen molar-refractivity contribution in [1.82, 2.24) is 10.2 Å². The van der Waals surface area contributed by atoms with Crippen molar-refractivity contribution < 1.29 is 9.90 Å². The molecule has 4 aromatic rings. The number of hydrogen-bond donors (Lipinski definition) is 2. The maximum Gasteiger partial charge on any atom is 0.328 e. The number of fused-ring (bicyclic) bond motifs is 1. The Balaban J connectivity index is 1.94. The zero-order chi connectivity index (χ0) is 22.0. The molecule has 156 valence electrons. The fraction of sp³-hybridized carbons (Fsp3) is 0.154. The van der Waals surface area contributed by atoms with Gasteiger partial charge in [0, 0.05) is 11.5 Å². The molecule has 2 heterocycles. The minimum Gasteiger partial charge on any atom is -0.478 e. The summed E-state index contributed by atoms with van der Waals surface area (Å²) in [6, 6.07) is 14.4. The van der Waals surface area contributed by atoms with E-state index in [0.29, 0.717) is 5.92 Å². The fourth-order valence-electron chi connectivity index (χ4n) is 3.88. The lowest BCUT2D eigenvalue weighted by atomic mass is 9.83. The summed E-state index contributed by atoms with van der Waals surface area (Å²) in [7, 11) is 0. The molecule has 0 amide bonds. The van der Waals surface area contributed by atoms with Crippen LogP contribution in [0.3, 0.4) is 0 Å². The summed E-state index contributed by atoms with van der Waals surface area (Å²) in [4.78, 5) is 10.8. The van der Waals surface area contributed by atoms with Gasteiger partial charge in [-0.1, -0.05) is 44.2 Å². The highest BCUT2D eigenvalue weighted by molar-refractivity contribution is 7.08. The van der Waals surface area contributed by atoms with Crippen LogP contribution in [0.15, 0.2) is 65.5 Å². The van der Waals surface area contributed by atoms with Crippen LogP contribution >= 0.6 is 11.3 Å². The first-order valence-electron chi connectivity index (χ1n) is 10.2. The van der Waals surface area contributed by atoms with Gasteiger partial charge in [0.05, 0.1) is 11.7 Å². The standard InChI is InChI=1S/C26H24N2O2S/c1-16(2)25(22-15-31-14-17(22)3)26(20-9-10-23-21(12-20)13-27-28-23)19-7-4-18(5-8-19)6-11-24(29)30/h4-16H,1-3H3,(H,27,28)(H,29,30)/b11-6+,26-25+. The topological polar surface area (TPSA) is 66.0 Å². The molecule has 2 aromatic heterocycles. The first-order valence-corrected chi connectivity index (χ1v) is 11.1. The lowest BCUT2D eigenvalue weighted by Crippen LogP contribution is -2.01. The van der Waals surface area contributed by atoms with Gasteiger partial charge in [-0.2, -0.15) is 16.4 Å². The second kappa shape index (κ2) is 8.74. The summed E-state index contributed by atoms with van der Waals surface area (Å²) in [6.45, 7) is 6.62. The van der Waals surface area contributed by atoms with Crippen molar-refractivity contribution in [2.75, 3.05) is 0 Å². The normalized spacial score (nSPS) is 12.6. The zero-order valence-corrected chi connectivity index (χ0v) is 18.5. The van der Waals surface area contributed by atoms with Crippen molar-refractivity contribution in [2.24, 2.45) is 5.92 Å². The smallest absolute Gasteiger partial charge is 0.328 e. The lowest BCUT2D eigenvalue weighted by molar-refractivity contribution is -0.131. The van der Waals surface area contributed by atoms with E-state index >= 15 is 0 Å². The van der Waals surface area contributed by atoms with Crippen molar-refractivity contribution in [3.05, 3.63) is 93.3 Å². The number of hydrogen-bond acceptors (Lipinski definition) is 3. The Labute approximate surface area is 185 Å². The Morgan fingerprint density at radius 1 is 1.10 bits per heavy atom. The number of aromatic amines is 1. The summed E-state index contributed by atoms with van der Waals surface area (Å²) < 4.78 is 0. The van der Waals surface area contributed by atoms with Gasteiger partial charge in [0.2, 0.25) is 0 Å². The van der Waals surface area contributed by atoms with Gasteiger partial charge in [-0.05, 0) is 80.8 Å². The molecule has 0 atom stereocenters. The van der Waals surface area contributed by atoms with Crippen LogP contribution in [0.25, 0.3) is 28.1 Å². The molecule has 0 spiro atoms. The van der Waals surface area contributed by atoms with Crippen LogP contribution < -0.4 is 0 Å². The molecule has 4 rings (SSSR count). The van der Waals surface area contributed by atoms with Crippen LogP contribution in [0.5, 0.6) is 0 Å². The maximum absolute atomic E-state index is 10.8. The summed E-state index contributed by atoms with van der Waals surface area (Å²) in [5, 5.41) is 21.6. The molecular weight excluding hydrogens is 404 g/mol. The molecule has 2 aromatic carbocycles. The monoisotopic (exact) mass is 428 g/mol. The summed E-state index contributed by atoms with van der Waals surface area (Å²) in [5.74, 6) is -0.636. The Morgan fingerprint density at radius 3 is 2.48 bits per heavy atom. The number of thiophene rings is 1. The number of aryl methyl sites for hydroxylation is 1. The van der Waals surface area contributed by atoms with Gasteiger partial charge in [-0.3, -0.25) is 5.10 Å². The molecule has 0 bridgehead atoms. The number of H-pyrrole nitrogens is 1. The quantitative estimate of drug-likeness (QED) is 0.338. The SMILES string of the molecule is Cc1cscc1/C(=C(\c1ccc(/C=C/C(=O)O)cc1)c1ccc2[nH]ncc2c1)C(C)C. The Bertz CT molecular complexity index is 1290. The van der Waals surface area contributed by atoms with E-state index in [-0.39, 0.29) is 0 Å². The average Bonchev–Trinajstić information content (AvgIpc) is 3.38. The molecular formula is C26H24N2O2S. The third kappa shape index (κ3) is 4.37. The highest BCUT2D eigenvalue weighted by Crippen LogP contribution is 2.39. The molecule has 5 heteroatoms. The fourth-order valence-corrected chi connectivity index (χ4v) is 4.72. The van der Waals surface area contributed by atoms with Gasteiger partial charge in [0.1, 0.15) is 0 Å². The number of rotatable bonds is 6. The molecule has 0 fully saturated rings. The van der Waals surface area contributed by atoms with Crippen molar-refractivity contribution in [2.45, 2.75) is 20.8 Å². The number of nitrogens with zero attached hydrogens (tertiary/aromatic N) is 1. The first kappa shape index (κ1) is 20.8. The van der Waals surface area contributed by atoms with Crippen molar-refractivity contribution in [3.8, 4) is 0 Å². The second-order valence-electron chi connectivity index (χ2n) is 7.88. The van der Waals surface area contributed by atoms with E-state index in [1.165, 1.54) is 22.3 Å². The molecule has 0 radical (unpaired) electrons. The van der Waals surface area contributed by atoms with Gasteiger partial charge < -0.3 is 5.11 Å². The minimum atomic E-state index is -0.951. The molecule has 4 nitrogen and oxygen atoms in total. The molecule has 0 saturated heterocycles.